The zero-order valence-electron chi connectivity index (χ0n) is 13.1. The van der Waals surface area contributed by atoms with E-state index in [1.807, 2.05) is 12.1 Å². The summed E-state index contributed by atoms with van der Waals surface area (Å²) in [4.78, 5) is 0. The van der Waals surface area contributed by atoms with Gasteiger partial charge in [0.05, 0.1) is 12.7 Å². The van der Waals surface area contributed by atoms with E-state index in [2.05, 4.69) is 38.2 Å². The van der Waals surface area contributed by atoms with Crippen molar-refractivity contribution in [3.63, 3.8) is 0 Å². The second kappa shape index (κ2) is 6.59. The highest BCUT2D eigenvalue weighted by Gasteiger charge is 2.29. The number of benzene rings is 1. The van der Waals surface area contributed by atoms with Crippen LogP contribution < -0.4 is 10.1 Å². The molecule has 0 saturated carbocycles. The molecule has 112 valence electrons. The van der Waals surface area contributed by atoms with Crippen LogP contribution in [-0.2, 0) is 11.2 Å². The van der Waals surface area contributed by atoms with E-state index in [-0.39, 0.29) is 5.60 Å². The summed E-state index contributed by atoms with van der Waals surface area (Å²) in [5.41, 5.74) is 1.27. The zero-order valence-corrected chi connectivity index (χ0v) is 13.1. The molecule has 1 aliphatic heterocycles. The average Bonchev–Trinajstić information content (AvgIpc) is 2.38. The van der Waals surface area contributed by atoms with Gasteiger partial charge >= 0.3 is 0 Å². The summed E-state index contributed by atoms with van der Waals surface area (Å²) < 4.78 is 11.2. The van der Waals surface area contributed by atoms with Crippen molar-refractivity contribution in [1.82, 2.24) is 5.32 Å². The molecule has 2 unspecified atom stereocenters. The van der Waals surface area contributed by atoms with Crippen molar-refractivity contribution in [3.8, 4) is 5.75 Å². The standard InChI is InChI=1S/C17H27NO2/c1-13(11-14-7-5-6-8-16(14)19-4)18-15-9-10-20-17(2,3)12-15/h5-8,13,15,18H,9-12H2,1-4H3. The summed E-state index contributed by atoms with van der Waals surface area (Å²) in [5, 5.41) is 3.74. The molecule has 1 fully saturated rings. The molecule has 3 heteroatoms. The zero-order chi connectivity index (χ0) is 14.6. The van der Waals surface area contributed by atoms with Crippen molar-refractivity contribution in [2.24, 2.45) is 0 Å². The Bertz CT molecular complexity index is 431. The maximum atomic E-state index is 5.77. The third kappa shape index (κ3) is 4.22. The maximum absolute atomic E-state index is 5.77. The quantitative estimate of drug-likeness (QED) is 0.896. The summed E-state index contributed by atoms with van der Waals surface area (Å²) in [7, 11) is 1.73. The molecule has 0 aliphatic carbocycles. The van der Waals surface area contributed by atoms with Gasteiger partial charge in [-0.1, -0.05) is 18.2 Å². The summed E-state index contributed by atoms with van der Waals surface area (Å²) in [6.07, 6.45) is 3.16. The SMILES string of the molecule is COc1ccccc1CC(C)NC1CCOC(C)(C)C1. The minimum Gasteiger partial charge on any atom is -0.496 e. The van der Waals surface area contributed by atoms with Crippen LogP contribution in [0.25, 0.3) is 0 Å². The number of rotatable bonds is 5. The van der Waals surface area contributed by atoms with Gasteiger partial charge in [0.15, 0.2) is 0 Å². The van der Waals surface area contributed by atoms with Gasteiger partial charge in [-0.15, -0.1) is 0 Å². The van der Waals surface area contributed by atoms with E-state index in [9.17, 15) is 0 Å². The molecular formula is C17H27NO2. The van der Waals surface area contributed by atoms with Gasteiger partial charge in [0.1, 0.15) is 5.75 Å². The van der Waals surface area contributed by atoms with Crippen molar-refractivity contribution in [1.29, 1.82) is 0 Å². The Labute approximate surface area is 122 Å². The van der Waals surface area contributed by atoms with Crippen molar-refractivity contribution >= 4 is 0 Å². The van der Waals surface area contributed by atoms with Gasteiger partial charge < -0.3 is 14.8 Å². The molecule has 0 aromatic heterocycles. The molecule has 1 aromatic carbocycles. The van der Waals surface area contributed by atoms with Gasteiger partial charge in [0.25, 0.3) is 0 Å². The first kappa shape index (κ1) is 15.3. The lowest BCUT2D eigenvalue weighted by atomic mass is 9.93. The molecule has 3 nitrogen and oxygen atoms in total. The molecule has 1 aliphatic rings. The van der Waals surface area contributed by atoms with Crippen LogP contribution in [0, 0.1) is 0 Å². The van der Waals surface area contributed by atoms with Gasteiger partial charge in [0.2, 0.25) is 0 Å². The average molecular weight is 277 g/mol. The number of methoxy groups -OCH3 is 1. The Hall–Kier alpha value is -1.06. The molecule has 0 radical (unpaired) electrons. The topological polar surface area (TPSA) is 30.5 Å². The van der Waals surface area contributed by atoms with Crippen LogP contribution in [0.3, 0.4) is 0 Å². The fourth-order valence-corrected chi connectivity index (χ4v) is 3.04. The summed E-state index contributed by atoms with van der Waals surface area (Å²) in [6.45, 7) is 7.44. The Kier molecular flexibility index (Phi) is 5.06. The van der Waals surface area contributed by atoms with Crippen LogP contribution in [0.1, 0.15) is 39.2 Å². The lowest BCUT2D eigenvalue weighted by Gasteiger charge is -2.37. The largest absolute Gasteiger partial charge is 0.496 e. The van der Waals surface area contributed by atoms with Crippen molar-refractivity contribution in [2.45, 2.75) is 57.7 Å². The van der Waals surface area contributed by atoms with Gasteiger partial charge in [0, 0.05) is 18.7 Å². The maximum Gasteiger partial charge on any atom is 0.122 e. The lowest BCUT2D eigenvalue weighted by molar-refractivity contribution is -0.0639. The summed E-state index contributed by atoms with van der Waals surface area (Å²) in [6, 6.07) is 9.24. The predicted molar refractivity (Wildman–Crippen MR) is 82.3 cm³/mol. The smallest absolute Gasteiger partial charge is 0.122 e. The van der Waals surface area contributed by atoms with Crippen LogP contribution in [-0.4, -0.2) is 31.4 Å². The third-order valence-electron chi connectivity index (χ3n) is 3.94. The number of nitrogens with one attached hydrogen (secondary N) is 1. The van der Waals surface area contributed by atoms with Crippen LogP contribution in [0.4, 0.5) is 0 Å². The first-order valence-electron chi connectivity index (χ1n) is 7.52. The Balaban J connectivity index is 1.90. The molecular weight excluding hydrogens is 250 g/mol. The number of para-hydroxylation sites is 1. The minimum absolute atomic E-state index is 0.0000730. The second-order valence-electron chi connectivity index (χ2n) is 6.38. The van der Waals surface area contributed by atoms with E-state index in [1.54, 1.807) is 7.11 Å². The van der Waals surface area contributed by atoms with Crippen LogP contribution in [0.15, 0.2) is 24.3 Å². The molecule has 1 saturated heterocycles. The fourth-order valence-electron chi connectivity index (χ4n) is 3.04. The monoisotopic (exact) mass is 277 g/mol. The third-order valence-corrected chi connectivity index (χ3v) is 3.94. The molecule has 20 heavy (non-hydrogen) atoms. The van der Waals surface area contributed by atoms with Crippen molar-refractivity contribution in [2.75, 3.05) is 13.7 Å². The highest BCUT2D eigenvalue weighted by atomic mass is 16.5. The fraction of sp³-hybridized carbons (Fsp3) is 0.647. The molecule has 1 heterocycles. The molecule has 2 atom stereocenters. The van der Waals surface area contributed by atoms with E-state index in [0.717, 1.165) is 31.6 Å². The van der Waals surface area contributed by atoms with E-state index in [4.69, 9.17) is 9.47 Å². The molecule has 1 N–H and O–H groups in total. The summed E-state index contributed by atoms with van der Waals surface area (Å²) in [5.74, 6) is 0.980. The first-order valence-corrected chi connectivity index (χ1v) is 7.52. The van der Waals surface area contributed by atoms with Crippen LogP contribution in [0.2, 0.25) is 0 Å². The first-order chi connectivity index (χ1) is 9.50. The Morgan fingerprint density at radius 3 is 2.85 bits per heavy atom. The van der Waals surface area contributed by atoms with Gasteiger partial charge in [-0.3, -0.25) is 0 Å². The van der Waals surface area contributed by atoms with Crippen LogP contribution >= 0.6 is 0 Å². The van der Waals surface area contributed by atoms with E-state index >= 15 is 0 Å². The minimum atomic E-state index is 0.0000730. The van der Waals surface area contributed by atoms with E-state index < -0.39 is 0 Å². The highest BCUT2D eigenvalue weighted by Crippen LogP contribution is 2.25. The van der Waals surface area contributed by atoms with Gasteiger partial charge in [-0.25, -0.2) is 0 Å². The van der Waals surface area contributed by atoms with Gasteiger partial charge in [-0.2, -0.15) is 0 Å². The second-order valence-corrected chi connectivity index (χ2v) is 6.38. The van der Waals surface area contributed by atoms with Gasteiger partial charge in [-0.05, 0) is 51.7 Å². The van der Waals surface area contributed by atoms with Crippen molar-refractivity contribution < 1.29 is 9.47 Å². The Morgan fingerprint density at radius 2 is 2.15 bits per heavy atom. The Morgan fingerprint density at radius 1 is 1.40 bits per heavy atom. The molecule has 2 rings (SSSR count). The van der Waals surface area contributed by atoms with E-state index in [1.165, 1.54) is 5.56 Å². The van der Waals surface area contributed by atoms with E-state index in [0.29, 0.717) is 12.1 Å². The lowest BCUT2D eigenvalue weighted by Crippen LogP contribution is -2.47. The normalized spacial score (nSPS) is 23.3. The number of hydrogen-bond acceptors (Lipinski definition) is 3. The predicted octanol–water partition coefficient (Wildman–Crippen LogP) is 3.17. The molecule has 0 spiro atoms. The molecule has 1 aromatic rings. The molecule has 0 bridgehead atoms. The molecule has 0 amide bonds. The number of ether oxygens (including phenoxy) is 2. The van der Waals surface area contributed by atoms with Crippen molar-refractivity contribution in [3.05, 3.63) is 29.8 Å². The summed E-state index contributed by atoms with van der Waals surface area (Å²) >= 11 is 0. The number of hydrogen-bond donors (Lipinski definition) is 1. The highest BCUT2D eigenvalue weighted by molar-refractivity contribution is 5.33. The van der Waals surface area contributed by atoms with Crippen LogP contribution in [0.5, 0.6) is 5.75 Å².